The number of rotatable bonds is 9. The predicted molar refractivity (Wildman–Crippen MR) is 108 cm³/mol. The Morgan fingerprint density at radius 2 is 1.78 bits per heavy atom. The second-order valence-electron chi connectivity index (χ2n) is 6.71. The molecule has 4 nitrogen and oxygen atoms in total. The van der Waals surface area contributed by atoms with Gasteiger partial charge in [-0.3, -0.25) is 4.90 Å². The molecule has 1 aliphatic rings. The number of fused-ring (bicyclic) bond motifs is 1. The minimum absolute atomic E-state index is 0.0508. The largest absolute Gasteiger partial charge is 0.493 e. The highest BCUT2D eigenvalue weighted by molar-refractivity contribution is 5.39. The van der Waals surface area contributed by atoms with Gasteiger partial charge in [0.25, 0.3) is 0 Å². The van der Waals surface area contributed by atoms with Crippen molar-refractivity contribution in [1.29, 1.82) is 0 Å². The van der Waals surface area contributed by atoms with E-state index in [0.29, 0.717) is 12.4 Å². The van der Waals surface area contributed by atoms with E-state index >= 15 is 0 Å². The van der Waals surface area contributed by atoms with Crippen molar-refractivity contribution >= 4 is 0 Å². The molecular weight excluding hydrogens is 338 g/mol. The summed E-state index contributed by atoms with van der Waals surface area (Å²) in [4.78, 5) is 2.27. The fourth-order valence-corrected chi connectivity index (χ4v) is 3.50. The molecule has 1 N–H and O–H groups in total. The summed E-state index contributed by atoms with van der Waals surface area (Å²) in [5.74, 6) is 1.72. The van der Waals surface area contributed by atoms with Crippen molar-refractivity contribution in [2.75, 3.05) is 26.2 Å². The van der Waals surface area contributed by atoms with Crippen LogP contribution in [0.5, 0.6) is 11.5 Å². The Kier molecular flexibility index (Phi) is 6.69. The lowest BCUT2D eigenvalue weighted by Gasteiger charge is -2.36. The second-order valence-corrected chi connectivity index (χ2v) is 6.71. The third kappa shape index (κ3) is 4.59. The summed E-state index contributed by atoms with van der Waals surface area (Å²) in [6.07, 6.45) is 3.65. The summed E-state index contributed by atoms with van der Waals surface area (Å²) >= 11 is 0. The summed E-state index contributed by atoms with van der Waals surface area (Å²) in [6.45, 7) is 10.6. The van der Waals surface area contributed by atoms with E-state index in [-0.39, 0.29) is 18.6 Å². The van der Waals surface area contributed by atoms with Crippen molar-refractivity contribution in [2.24, 2.45) is 5.92 Å². The fourth-order valence-electron chi connectivity index (χ4n) is 3.50. The van der Waals surface area contributed by atoms with Crippen LogP contribution in [0.1, 0.15) is 17.2 Å². The first-order valence-corrected chi connectivity index (χ1v) is 9.28. The third-order valence-corrected chi connectivity index (χ3v) is 4.77. The molecular formula is C23H27NO3. The molecule has 0 radical (unpaired) electrons. The van der Waals surface area contributed by atoms with Gasteiger partial charge in [-0.05, 0) is 12.1 Å². The highest BCUT2D eigenvalue weighted by atomic mass is 16.5. The number of aliphatic hydroxyl groups is 1. The summed E-state index contributed by atoms with van der Waals surface area (Å²) in [7, 11) is 0. The monoisotopic (exact) mass is 365 g/mol. The summed E-state index contributed by atoms with van der Waals surface area (Å²) in [5, 5.41) is 9.66. The van der Waals surface area contributed by atoms with Gasteiger partial charge < -0.3 is 14.6 Å². The van der Waals surface area contributed by atoms with Gasteiger partial charge in [-0.15, -0.1) is 13.2 Å². The van der Waals surface area contributed by atoms with Crippen molar-refractivity contribution in [3.63, 3.8) is 0 Å². The first kappa shape index (κ1) is 19.2. The Morgan fingerprint density at radius 3 is 2.52 bits per heavy atom. The maximum Gasteiger partial charge on any atom is 0.135 e. The van der Waals surface area contributed by atoms with Crippen LogP contribution in [-0.2, 0) is 6.61 Å². The summed E-state index contributed by atoms with van der Waals surface area (Å²) < 4.78 is 12.5. The highest BCUT2D eigenvalue weighted by Gasteiger charge is 2.34. The van der Waals surface area contributed by atoms with E-state index in [4.69, 9.17) is 9.47 Å². The van der Waals surface area contributed by atoms with Gasteiger partial charge >= 0.3 is 0 Å². The Bertz CT molecular complexity index is 764. The molecule has 0 fully saturated rings. The topological polar surface area (TPSA) is 41.9 Å². The molecule has 0 saturated carbocycles. The van der Waals surface area contributed by atoms with E-state index in [2.05, 4.69) is 24.1 Å². The molecule has 0 amide bonds. The van der Waals surface area contributed by atoms with Crippen LogP contribution in [0.15, 0.2) is 73.8 Å². The van der Waals surface area contributed by atoms with Crippen LogP contribution in [0, 0.1) is 5.92 Å². The van der Waals surface area contributed by atoms with E-state index in [1.54, 1.807) is 0 Å². The van der Waals surface area contributed by atoms with Crippen LogP contribution in [0.3, 0.4) is 0 Å². The Morgan fingerprint density at radius 1 is 1.07 bits per heavy atom. The smallest absolute Gasteiger partial charge is 0.135 e. The van der Waals surface area contributed by atoms with Crippen molar-refractivity contribution in [2.45, 2.75) is 12.7 Å². The normalized spacial score (nSPS) is 18.4. The number of ether oxygens (including phenoxy) is 2. The molecule has 2 aromatic rings. The second kappa shape index (κ2) is 9.40. The van der Waals surface area contributed by atoms with Gasteiger partial charge in [-0.25, -0.2) is 0 Å². The van der Waals surface area contributed by atoms with Gasteiger partial charge in [0.1, 0.15) is 17.6 Å². The maximum absolute atomic E-state index is 9.66. The quantitative estimate of drug-likeness (QED) is 0.683. The molecule has 1 heterocycles. The maximum atomic E-state index is 9.66. The zero-order valence-corrected chi connectivity index (χ0v) is 15.6. The number of hydrogen-bond acceptors (Lipinski definition) is 4. The lowest BCUT2D eigenvalue weighted by molar-refractivity contribution is 0.0480. The molecule has 1 aliphatic heterocycles. The van der Waals surface area contributed by atoms with Gasteiger partial charge in [0, 0.05) is 36.7 Å². The van der Waals surface area contributed by atoms with Crippen LogP contribution in [0.25, 0.3) is 0 Å². The molecule has 2 atom stereocenters. The molecule has 2 aromatic carbocycles. The molecule has 0 aliphatic carbocycles. The van der Waals surface area contributed by atoms with Gasteiger partial charge in [-0.2, -0.15) is 0 Å². The SMILES string of the molecule is C=CCN(CC=C)C[C@@H]1COc2ccccc2[C@@H]1Oc1ccccc1CO. The molecule has 0 aromatic heterocycles. The lowest BCUT2D eigenvalue weighted by atomic mass is 9.92. The minimum atomic E-state index is -0.153. The Hall–Kier alpha value is -2.56. The number of nitrogens with zero attached hydrogens (tertiary/aromatic N) is 1. The molecule has 3 rings (SSSR count). The van der Waals surface area contributed by atoms with Crippen LogP contribution in [-0.4, -0.2) is 36.2 Å². The van der Waals surface area contributed by atoms with Crippen LogP contribution >= 0.6 is 0 Å². The van der Waals surface area contributed by atoms with Crippen molar-refractivity contribution in [1.82, 2.24) is 4.90 Å². The Labute approximate surface area is 161 Å². The number of benzene rings is 2. The van der Waals surface area contributed by atoms with Crippen molar-refractivity contribution in [3.05, 3.63) is 85.0 Å². The van der Waals surface area contributed by atoms with E-state index in [0.717, 1.165) is 36.5 Å². The number of para-hydroxylation sites is 2. The van der Waals surface area contributed by atoms with Gasteiger partial charge in [0.05, 0.1) is 13.2 Å². The molecule has 142 valence electrons. The summed E-state index contributed by atoms with van der Waals surface area (Å²) in [5.41, 5.74) is 1.83. The predicted octanol–water partition coefficient (Wildman–Crippen LogP) is 3.98. The third-order valence-electron chi connectivity index (χ3n) is 4.77. The highest BCUT2D eigenvalue weighted by Crippen LogP contribution is 2.39. The first-order valence-electron chi connectivity index (χ1n) is 9.28. The molecule has 0 saturated heterocycles. The molecule has 4 heteroatoms. The zero-order chi connectivity index (χ0) is 19.1. The van der Waals surface area contributed by atoms with Crippen molar-refractivity contribution in [3.8, 4) is 11.5 Å². The van der Waals surface area contributed by atoms with E-state index in [1.807, 2.05) is 54.6 Å². The van der Waals surface area contributed by atoms with Gasteiger partial charge in [-0.1, -0.05) is 48.6 Å². The molecule has 0 spiro atoms. The van der Waals surface area contributed by atoms with E-state index in [9.17, 15) is 5.11 Å². The number of hydrogen-bond donors (Lipinski definition) is 1. The fraction of sp³-hybridized carbons (Fsp3) is 0.304. The first-order chi connectivity index (χ1) is 13.3. The lowest BCUT2D eigenvalue weighted by Crippen LogP contribution is -2.39. The summed E-state index contributed by atoms with van der Waals surface area (Å²) in [6, 6.07) is 15.6. The van der Waals surface area contributed by atoms with Gasteiger partial charge in [0.2, 0.25) is 0 Å². The average Bonchev–Trinajstić information content (AvgIpc) is 2.70. The molecule has 0 unspecified atom stereocenters. The molecule has 0 bridgehead atoms. The van der Waals surface area contributed by atoms with Crippen LogP contribution < -0.4 is 9.47 Å². The zero-order valence-electron chi connectivity index (χ0n) is 15.6. The van der Waals surface area contributed by atoms with E-state index in [1.165, 1.54) is 0 Å². The van der Waals surface area contributed by atoms with Gasteiger partial charge in [0.15, 0.2) is 0 Å². The Balaban J connectivity index is 1.90. The van der Waals surface area contributed by atoms with Crippen molar-refractivity contribution < 1.29 is 14.6 Å². The molecule has 27 heavy (non-hydrogen) atoms. The average molecular weight is 365 g/mol. The van der Waals surface area contributed by atoms with Crippen LogP contribution in [0.2, 0.25) is 0 Å². The van der Waals surface area contributed by atoms with Crippen LogP contribution in [0.4, 0.5) is 0 Å². The minimum Gasteiger partial charge on any atom is -0.493 e. The number of aliphatic hydroxyl groups excluding tert-OH is 1. The van der Waals surface area contributed by atoms with E-state index < -0.39 is 0 Å². The standard InChI is InChI=1S/C23H27NO3/c1-3-13-24(14-4-2)15-19-17-26-22-12-8-6-10-20(22)23(19)27-21-11-7-5-9-18(21)16-25/h3-12,19,23,25H,1-2,13-17H2/t19-,23-/m1/s1.